The summed E-state index contributed by atoms with van der Waals surface area (Å²) in [4.78, 5) is 12.5. The standard InChI is InChI=1S/C19H21F3N2O3/c1-3-26-16-6-5-13(9-17(16)27-4-2)18(25)24-15-8-12(11-23)7-14(10-15)19(20,21)22/h5-10H,3-4,11,23H2,1-2H3,(H,24,25). The Balaban J connectivity index is 2.30. The molecule has 2 aromatic rings. The quantitative estimate of drug-likeness (QED) is 0.752. The highest BCUT2D eigenvalue weighted by Crippen LogP contribution is 2.33. The van der Waals surface area contributed by atoms with Gasteiger partial charge in [-0.2, -0.15) is 13.2 Å². The van der Waals surface area contributed by atoms with Crippen molar-refractivity contribution in [2.24, 2.45) is 5.73 Å². The van der Waals surface area contributed by atoms with Gasteiger partial charge in [0.25, 0.3) is 5.91 Å². The van der Waals surface area contributed by atoms with Gasteiger partial charge in [0.15, 0.2) is 11.5 Å². The van der Waals surface area contributed by atoms with Crippen LogP contribution in [0.15, 0.2) is 36.4 Å². The average molecular weight is 382 g/mol. The zero-order valence-corrected chi connectivity index (χ0v) is 15.0. The van der Waals surface area contributed by atoms with Crippen LogP contribution in [0.5, 0.6) is 11.5 Å². The number of hydrogen-bond donors (Lipinski definition) is 2. The van der Waals surface area contributed by atoms with Gasteiger partial charge in [0, 0.05) is 17.8 Å². The first-order valence-corrected chi connectivity index (χ1v) is 8.40. The Bertz CT molecular complexity index is 807. The number of benzene rings is 2. The molecule has 0 fully saturated rings. The minimum atomic E-state index is -4.54. The second-order valence-corrected chi connectivity index (χ2v) is 5.60. The maximum atomic E-state index is 13.0. The molecule has 2 aromatic carbocycles. The van der Waals surface area contributed by atoms with E-state index in [0.717, 1.165) is 12.1 Å². The largest absolute Gasteiger partial charge is 0.490 e. The highest BCUT2D eigenvalue weighted by molar-refractivity contribution is 6.04. The molecule has 0 atom stereocenters. The zero-order chi connectivity index (χ0) is 20.0. The van der Waals surface area contributed by atoms with Crippen molar-refractivity contribution >= 4 is 11.6 Å². The van der Waals surface area contributed by atoms with Gasteiger partial charge in [-0.05, 0) is 55.8 Å². The first kappa shape index (κ1) is 20.6. The third-order valence-corrected chi connectivity index (χ3v) is 3.62. The molecule has 0 radical (unpaired) electrons. The summed E-state index contributed by atoms with van der Waals surface area (Å²) in [6.45, 7) is 4.33. The van der Waals surface area contributed by atoms with E-state index in [-0.39, 0.29) is 23.4 Å². The van der Waals surface area contributed by atoms with Crippen LogP contribution in [0.2, 0.25) is 0 Å². The molecule has 0 heterocycles. The van der Waals surface area contributed by atoms with Gasteiger partial charge in [-0.25, -0.2) is 0 Å². The van der Waals surface area contributed by atoms with Crippen LogP contribution in [0.3, 0.4) is 0 Å². The highest BCUT2D eigenvalue weighted by atomic mass is 19.4. The molecule has 0 bridgehead atoms. The molecule has 0 saturated carbocycles. The summed E-state index contributed by atoms with van der Waals surface area (Å²) in [6.07, 6.45) is -4.54. The number of carbonyl (C=O) groups is 1. The molecule has 0 aliphatic carbocycles. The molecule has 0 aliphatic rings. The van der Waals surface area contributed by atoms with Crippen molar-refractivity contribution < 1.29 is 27.4 Å². The Morgan fingerprint density at radius 3 is 2.30 bits per heavy atom. The summed E-state index contributed by atoms with van der Waals surface area (Å²) in [6, 6.07) is 7.82. The molecule has 3 N–H and O–H groups in total. The number of rotatable bonds is 7. The number of carbonyl (C=O) groups excluding carboxylic acids is 1. The van der Waals surface area contributed by atoms with E-state index in [1.54, 1.807) is 13.0 Å². The SMILES string of the molecule is CCOc1ccc(C(=O)Nc2cc(CN)cc(C(F)(F)F)c2)cc1OCC. The number of halogens is 3. The Kier molecular flexibility index (Phi) is 6.68. The zero-order valence-electron chi connectivity index (χ0n) is 15.0. The summed E-state index contributed by atoms with van der Waals surface area (Å²) in [5.41, 5.74) is 5.10. The van der Waals surface area contributed by atoms with Crippen molar-refractivity contribution in [1.82, 2.24) is 0 Å². The number of amides is 1. The lowest BCUT2D eigenvalue weighted by Crippen LogP contribution is -2.14. The fourth-order valence-electron chi connectivity index (χ4n) is 2.44. The van der Waals surface area contributed by atoms with Crippen molar-refractivity contribution in [3.63, 3.8) is 0 Å². The van der Waals surface area contributed by atoms with E-state index in [1.165, 1.54) is 18.2 Å². The van der Waals surface area contributed by atoms with E-state index in [1.807, 2.05) is 6.92 Å². The van der Waals surface area contributed by atoms with E-state index in [2.05, 4.69) is 5.32 Å². The smallest absolute Gasteiger partial charge is 0.416 e. The fraction of sp³-hybridized carbons (Fsp3) is 0.316. The van der Waals surface area contributed by atoms with E-state index in [0.29, 0.717) is 24.7 Å². The lowest BCUT2D eigenvalue weighted by molar-refractivity contribution is -0.137. The van der Waals surface area contributed by atoms with Crippen LogP contribution in [-0.2, 0) is 12.7 Å². The van der Waals surface area contributed by atoms with Crippen LogP contribution in [0.25, 0.3) is 0 Å². The molecule has 0 saturated heterocycles. The Labute approximate surface area is 155 Å². The Hall–Kier alpha value is -2.74. The van der Waals surface area contributed by atoms with Gasteiger partial charge in [0.2, 0.25) is 0 Å². The third-order valence-electron chi connectivity index (χ3n) is 3.62. The number of ether oxygens (including phenoxy) is 2. The molecule has 146 valence electrons. The van der Waals surface area contributed by atoms with E-state index < -0.39 is 17.6 Å². The van der Waals surface area contributed by atoms with Crippen LogP contribution in [0, 0.1) is 0 Å². The molecule has 1 amide bonds. The minimum absolute atomic E-state index is 0.0159. The normalized spacial score (nSPS) is 11.2. The molecule has 5 nitrogen and oxygen atoms in total. The van der Waals surface area contributed by atoms with Gasteiger partial charge in [0.1, 0.15) is 0 Å². The fourth-order valence-corrected chi connectivity index (χ4v) is 2.44. The number of nitrogens with one attached hydrogen (secondary N) is 1. The van der Waals surface area contributed by atoms with Crippen LogP contribution in [0.1, 0.15) is 35.3 Å². The predicted molar refractivity (Wildman–Crippen MR) is 96.1 cm³/mol. The number of hydrogen-bond acceptors (Lipinski definition) is 4. The van der Waals surface area contributed by atoms with Crippen LogP contribution < -0.4 is 20.5 Å². The molecule has 2 rings (SSSR count). The van der Waals surface area contributed by atoms with Crippen LogP contribution in [0.4, 0.5) is 18.9 Å². The van der Waals surface area contributed by atoms with Crippen molar-refractivity contribution in [3.8, 4) is 11.5 Å². The van der Waals surface area contributed by atoms with Gasteiger partial charge in [-0.3, -0.25) is 4.79 Å². The lowest BCUT2D eigenvalue weighted by atomic mass is 10.1. The topological polar surface area (TPSA) is 73.6 Å². The first-order chi connectivity index (χ1) is 12.8. The van der Waals surface area contributed by atoms with Gasteiger partial charge >= 0.3 is 6.18 Å². The summed E-state index contributed by atoms with van der Waals surface area (Å²) in [5, 5.41) is 2.48. The second kappa shape index (κ2) is 8.77. The highest BCUT2D eigenvalue weighted by Gasteiger charge is 2.31. The predicted octanol–water partition coefficient (Wildman–Crippen LogP) is 4.21. The summed E-state index contributed by atoms with van der Waals surface area (Å²) >= 11 is 0. The molecule has 27 heavy (non-hydrogen) atoms. The van der Waals surface area contributed by atoms with Crippen molar-refractivity contribution in [3.05, 3.63) is 53.1 Å². The van der Waals surface area contributed by atoms with Gasteiger partial charge < -0.3 is 20.5 Å². The monoisotopic (exact) mass is 382 g/mol. The van der Waals surface area contributed by atoms with Crippen molar-refractivity contribution in [2.75, 3.05) is 18.5 Å². The maximum absolute atomic E-state index is 13.0. The molecule has 0 aliphatic heterocycles. The molecule has 0 aromatic heterocycles. The summed E-state index contributed by atoms with van der Waals surface area (Å²) in [7, 11) is 0. The van der Waals surface area contributed by atoms with Crippen LogP contribution >= 0.6 is 0 Å². The van der Waals surface area contributed by atoms with Crippen LogP contribution in [-0.4, -0.2) is 19.1 Å². The second-order valence-electron chi connectivity index (χ2n) is 5.60. The van der Waals surface area contributed by atoms with E-state index in [9.17, 15) is 18.0 Å². The number of nitrogens with two attached hydrogens (primary N) is 1. The average Bonchev–Trinajstić information content (AvgIpc) is 2.62. The third kappa shape index (κ3) is 5.37. The molecular formula is C19H21F3N2O3. The first-order valence-electron chi connectivity index (χ1n) is 8.40. The minimum Gasteiger partial charge on any atom is -0.490 e. The van der Waals surface area contributed by atoms with E-state index in [4.69, 9.17) is 15.2 Å². The number of alkyl halides is 3. The van der Waals surface area contributed by atoms with Crippen molar-refractivity contribution in [2.45, 2.75) is 26.6 Å². The van der Waals surface area contributed by atoms with Gasteiger partial charge in [-0.1, -0.05) is 0 Å². The molecule has 8 heteroatoms. The lowest BCUT2D eigenvalue weighted by Gasteiger charge is -2.14. The Morgan fingerprint density at radius 2 is 1.70 bits per heavy atom. The van der Waals surface area contributed by atoms with Gasteiger partial charge in [-0.15, -0.1) is 0 Å². The molecule has 0 unspecified atom stereocenters. The van der Waals surface area contributed by atoms with Crippen molar-refractivity contribution in [1.29, 1.82) is 0 Å². The number of anilines is 1. The van der Waals surface area contributed by atoms with Gasteiger partial charge in [0.05, 0.1) is 18.8 Å². The summed E-state index contributed by atoms with van der Waals surface area (Å²) < 4.78 is 49.9. The summed E-state index contributed by atoms with van der Waals surface area (Å²) in [5.74, 6) is 0.306. The van der Waals surface area contributed by atoms with E-state index >= 15 is 0 Å². The molecular weight excluding hydrogens is 361 g/mol. The maximum Gasteiger partial charge on any atom is 0.416 e. The Morgan fingerprint density at radius 1 is 1.04 bits per heavy atom. The molecule has 0 spiro atoms.